The Morgan fingerprint density at radius 3 is 2.57 bits per heavy atom. The smallest absolute Gasteiger partial charge is 0.241 e. The van der Waals surface area contributed by atoms with Gasteiger partial charge in [0.15, 0.2) is 0 Å². The van der Waals surface area contributed by atoms with Crippen LogP contribution in [0.25, 0.3) is 0 Å². The van der Waals surface area contributed by atoms with Gasteiger partial charge < -0.3 is 5.32 Å². The second-order valence-corrected chi connectivity index (χ2v) is 8.60. The third-order valence-electron chi connectivity index (χ3n) is 4.18. The largest absolute Gasteiger partial charge is 0.309 e. The molecule has 4 nitrogen and oxygen atoms in total. The molecule has 1 heterocycles. The van der Waals surface area contributed by atoms with Gasteiger partial charge in [-0.15, -0.1) is 11.3 Å². The highest BCUT2D eigenvalue weighted by molar-refractivity contribution is 7.89. The molecule has 0 bridgehead atoms. The average Bonchev–Trinajstić information content (AvgIpc) is 3.13. The maximum absolute atomic E-state index is 12.4. The van der Waals surface area contributed by atoms with E-state index in [2.05, 4.69) is 23.9 Å². The molecule has 0 aromatic carbocycles. The lowest BCUT2D eigenvalue weighted by molar-refractivity contribution is 0.391. The van der Waals surface area contributed by atoms with Gasteiger partial charge in [-0.1, -0.05) is 26.7 Å². The topological polar surface area (TPSA) is 58.2 Å². The Labute approximate surface area is 132 Å². The number of hydrogen-bond donors (Lipinski definition) is 2. The Morgan fingerprint density at radius 2 is 2.00 bits per heavy atom. The summed E-state index contributed by atoms with van der Waals surface area (Å²) in [5, 5.41) is 5.15. The molecular formula is C15H26N2O2S2. The molecule has 1 unspecified atom stereocenters. The Hall–Kier alpha value is -0.430. The third kappa shape index (κ3) is 4.77. The quantitative estimate of drug-likeness (QED) is 0.731. The van der Waals surface area contributed by atoms with Gasteiger partial charge >= 0.3 is 0 Å². The van der Waals surface area contributed by atoms with E-state index < -0.39 is 10.0 Å². The van der Waals surface area contributed by atoms with Crippen molar-refractivity contribution in [2.24, 2.45) is 5.92 Å². The lowest BCUT2D eigenvalue weighted by atomic mass is 9.96. The van der Waals surface area contributed by atoms with Crippen LogP contribution in [-0.2, 0) is 16.6 Å². The lowest BCUT2D eigenvalue weighted by Gasteiger charge is -2.22. The molecule has 0 amide bonds. The van der Waals surface area contributed by atoms with Crippen molar-refractivity contribution >= 4 is 21.4 Å². The maximum Gasteiger partial charge on any atom is 0.241 e. The van der Waals surface area contributed by atoms with Crippen LogP contribution in [0.2, 0.25) is 0 Å². The molecule has 120 valence electrons. The van der Waals surface area contributed by atoms with Gasteiger partial charge in [-0.2, -0.15) is 0 Å². The van der Waals surface area contributed by atoms with Crippen molar-refractivity contribution in [3.8, 4) is 0 Å². The van der Waals surface area contributed by atoms with Crippen LogP contribution in [0.3, 0.4) is 0 Å². The van der Waals surface area contributed by atoms with Gasteiger partial charge in [0.05, 0.1) is 4.90 Å². The number of rotatable bonds is 9. The van der Waals surface area contributed by atoms with Crippen LogP contribution in [-0.4, -0.2) is 20.5 Å². The Morgan fingerprint density at radius 1 is 1.33 bits per heavy atom. The van der Waals surface area contributed by atoms with E-state index in [1.807, 2.05) is 6.92 Å². The summed E-state index contributed by atoms with van der Waals surface area (Å²) in [6, 6.07) is 2.40. The SMILES string of the molecule is CCC(CC)C(C)NS(=O)(=O)c1csc(CNC2CC2)c1. The number of thiophene rings is 1. The lowest BCUT2D eigenvalue weighted by Crippen LogP contribution is -2.37. The Bertz CT molecular complexity index is 546. The highest BCUT2D eigenvalue weighted by Crippen LogP contribution is 2.23. The number of sulfonamides is 1. The molecule has 6 heteroatoms. The zero-order chi connectivity index (χ0) is 15.5. The summed E-state index contributed by atoms with van der Waals surface area (Å²) in [6.45, 7) is 6.93. The van der Waals surface area contributed by atoms with E-state index >= 15 is 0 Å². The summed E-state index contributed by atoms with van der Waals surface area (Å²) in [5.74, 6) is 0.384. The van der Waals surface area contributed by atoms with Gasteiger partial charge in [0.1, 0.15) is 0 Å². The Balaban J connectivity index is 1.97. The van der Waals surface area contributed by atoms with Gasteiger partial charge in [0.25, 0.3) is 0 Å². The van der Waals surface area contributed by atoms with Gasteiger partial charge in [-0.05, 0) is 31.7 Å². The molecule has 0 spiro atoms. The molecule has 2 N–H and O–H groups in total. The van der Waals surface area contributed by atoms with E-state index in [1.54, 1.807) is 11.4 Å². The molecule has 21 heavy (non-hydrogen) atoms. The maximum atomic E-state index is 12.4. The predicted octanol–water partition coefficient (Wildman–Crippen LogP) is 3.10. The summed E-state index contributed by atoms with van der Waals surface area (Å²) in [6.07, 6.45) is 4.46. The van der Waals surface area contributed by atoms with E-state index in [-0.39, 0.29) is 6.04 Å². The first kappa shape index (κ1) is 16.9. The van der Waals surface area contributed by atoms with Crippen molar-refractivity contribution in [1.82, 2.24) is 10.0 Å². The average molecular weight is 331 g/mol. The molecule has 0 radical (unpaired) electrons. The highest BCUT2D eigenvalue weighted by atomic mass is 32.2. The number of nitrogens with one attached hydrogen (secondary N) is 2. The van der Waals surface area contributed by atoms with E-state index in [0.717, 1.165) is 24.3 Å². The summed E-state index contributed by atoms with van der Waals surface area (Å²) >= 11 is 1.51. The molecule has 1 aromatic heterocycles. The number of hydrogen-bond acceptors (Lipinski definition) is 4. The van der Waals surface area contributed by atoms with Crippen molar-refractivity contribution < 1.29 is 8.42 Å². The van der Waals surface area contributed by atoms with Gasteiger partial charge in [0, 0.05) is 28.9 Å². The highest BCUT2D eigenvalue weighted by Gasteiger charge is 2.24. The fourth-order valence-electron chi connectivity index (χ4n) is 2.53. The zero-order valence-corrected chi connectivity index (χ0v) is 14.7. The van der Waals surface area contributed by atoms with Crippen molar-refractivity contribution in [1.29, 1.82) is 0 Å². The standard InChI is InChI=1S/C15H26N2O2S2/c1-4-12(5-2)11(3)17-21(18,19)15-8-14(20-10-15)9-16-13-6-7-13/h8,10-13,16-17H,4-7,9H2,1-3H3. The third-order valence-corrected chi connectivity index (χ3v) is 6.80. The molecule has 0 saturated heterocycles. The molecular weight excluding hydrogens is 304 g/mol. The second kappa shape index (κ2) is 7.22. The summed E-state index contributed by atoms with van der Waals surface area (Å²) in [4.78, 5) is 1.48. The van der Waals surface area contributed by atoms with Crippen LogP contribution in [0.4, 0.5) is 0 Å². The van der Waals surface area contributed by atoms with Crippen molar-refractivity contribution in [3.63, 3.8) is 0 Å². The summed E-state index contributed by atoms with van der Waals surface area (Å²) in [5.41, 5.74) is 0. The fourth-order valence-corrected chi connectivity index (χ4v) is 5.07. The normalized spacial score (nSPS) is 17.3. The minimum Gasteiger partial charge on any atom is -0.309 e. The van der Waals surface area contributed by atoms with E-state index in [9.17, 15) is 8.42 Å². The van der Waals surface area contributed by atoms with E-state index in [1.165, 1.54) is 24.2 Å². The summed E-state index contributed by atoms with van der Waals surface area (Å²) in [7, 11) is -3.39. The first-order valence-corrected chi connectivity index (χ1v) is 10.2. The molecule has 1 saturated carbocycles. The van der Waals surface area contributed by atoms with Gasteiger partial charge in [-0.3, -0.25) is 0 Å². The minimum atomic E-state index is -3.39. The molecule has 0 aliphatic heterocycles. The van der Waals surface area contributed by atoms with Crippen LogP contribution in [0.1, 0.15) is 51.3 Å². The zero-order valence-electron chi connectivity index (χ0n) is 13.1. The Kier molecular flexibility index (Phi) is 5.82. The fraction of sp³-hybridized carbons (Fsp3) is 0.733. The van der Waals surface area contributed by atoms with E-state index in [0.29, 0.717) is 16.9 Å². The van der Waals surface area contributed by atoms with Crippen molar-refractivity contribution in [3.05, 3.63) is 16.3 Å². The first-order valence-electron chi connectivity index (χ1n) is 7.79. The second-order valence-electron chi connectivity index (χ2n) is 5.89. The van der Waals surface area contributed by atoms with Crippen LogP contribution in [0.15, 0.2) is 16.3 Å². The molecule has 1 atom stereocenters. The molecule has 1 aromatic rings. The summed E-state index contributed by atoms with van der Waals surface area (Å²) < 4.78 is 27.7. The first-order chi connectivity index (χ1) is 9.96. The molecule has 1 aliphatic carbocycles. The predicted molar refractivity (Wildman–Crippen MR) is 88.0 cm³/mol. The van der Waals surface area contributed by atoms with E-state index in [4.69, 9.17) is 0 Å². The monoisotopic (exact) mass is 330 g/mol. The molecule has 1 aliphatic rings. The minimum absolute atomic E-state index is 0.0297. The molecule has 2 rings (SSSR count). The van der Waals surface area contributed by atoms with Crippen molar-refractivity contribution in [2.45, 2.75) is 70.0 Å². The van der Waals surface area contributed by atoms with Gasteiger partial charge in [-0.25, -0.2) is 13.1 Å². The van der Waals surface area contributed by atoms with Gasteiger partial charge in [0.2, 0.25) is 10.0 Å². The van der Waals surface area contributed by atoms with Crippen LogP contribution >= 0.6 is 11.3 Å². The van der Waals surface area contributed by atoms with Crippen molar-refractivity contribution in [2.75, 3.05) is 0 Å². The van der Waals surface area contributed by atoms with Crippen LogP contribution in [0, 0.1) is 5.92 Å². The molecule has 1 fully saturated rings. The van der Waals surface area contributed by atoms with Crippen LogP contribution in [0.5, 0.6) is 0 Å². The van der Waals surface area contributed by atoms with Crippen LogP contribution < -0.4 is 10.0 Å².